The molecule has 1 aromatic carbocycles. The largest absolute Gasteiger partial charge is 0.385 e. The predicted molar refractivity (Wildman–Crippen MR) is 64.5 cm³/mol. The van der Waals surface area contributed by atoms with E-state index >= 15 is 0 Å². The fraction of sp³-hybridized carbons (Fsp3) is 0.308. The van der Waals surface area contributed by atoms with Gasteiger partial charge in [0.2, 0.25) is 0 Å². The first kappa shape index (κ1) is 10.1. The summed E-state index contributed by atoms with van der Waals surface area (Å²) in [6.45, 7) is 0. The highest BCUT2D eigenvalue weighted by atomic mass is 35.5. The Morgan fingerprint density at radius 2 is 2.06 bits per heavy atom. The Bertz CT molecular complexity index is 549. The van der Waals surface area contributed by atoms with Crippen molar-refractivity contribution < 1.29 is 5.11 Å². The summed E-state index contributed by atoms with van der Waals surface area (Å²) in [5.74, 6) is 0. The van der Waals surface area contributed by atoms with Crippen LogP contribution in [0.5, 0.6) is 0 Å². The van der Waals surface area contributed by atoms with Gasteiger partial charge >= 0.3 is 0 Å². The molecule has 1 aromatic heterocycles. The summed E-state index contributed by atoms with van der Waals surface area (Å²) < 4.78 is 0. The Morgan fingerprint density at radius 3 is 2.75 bits per heavy atom. The molecule has 16 heavy (non-hydrogen) atoms. The van der Waals surface area contributed by atoms with E-state index in [2.05, 4.69) is 4.98 Å². The van der Waals surface area contributed by atoms with Crippen molar-refractivity contribution in [2.24, 2.45) is 0 Å². The molecule has 2 nitrogen and oxygen atoms in total. The van der Waals surface area contributed by atoms with Gasteiger partial charge in [0, 0.05) is 11.6 Å². The fourth-order valence-electron chi connectivity index (χ4n) is 2.20. The van der Waals surface area contributed by atoms with Crippen LogP contribution in [0.4, 0.5) is 0 Å². The summed E-state index contributed by atoms with van der Waals surface area (Å²) in [5, 5.41) is 11.9. The summed E-state index contributed by atoms with van der Waals surface area (Å²) in [6.07, 6.45) is 4.48. The molecule has 82 valence electrons. The average Bonchev–Trinajstić information content (AvgIpc) is 2.26. The molecule has 1 heterocycles. The number of hydrogen-bond donors (Lipinski definition) is 1. The van der Waals surface area contributed by atoms with Crippen molar-refractivity contribution >= 4 is 22.5 Å². The maximum absolute atomic E-state index is 10.3. The molecule has 0 bridgehead atoms. The molecule has 1 fully saturated rings. The van der Waals surface area contributed by atoms with Crippen molar-refractivity contribution in [3.8, 4) is 0 Å². The summed E-state index contributed by atoms with van der Waals surface area (Å²) in [4.78, 5) is 4.24. The van der Waals surface area contributed by atoms with Crippen LogP contribution in [-0.2, 0) is 5.60 Å². The van der Waals surface area contributed by atoms with Crippen molar-refractivity contribution in [3.63, 3.8) is 0 Å². The molecule has 0 aliphatic heterocycles. The molecule has 0 radical (unpaired) electrons. The summed E-state index contributed by atoms with van der Waals surface area (Å²) >= 11 is 6.12. The minimum atomic E-state index is -0.632. The van der Waals surface area contributed by atoms with Crippen LogP contribution in [0, 0.1) is 0 Å². The van der Waals surface area contributed by atoms with Gasteiger partial charge in [-0.1, -0.05) is 17.7 Å². The van der Waals surface area contributed by atoms with Crippen LogP contribution in [0.3, 0.4) is 0 Å². The van der Waals surface area contributed by atoms with Crippen LogP contribution in [0.1, 0.15) is 24.8 Å². The van der Waals surface area contributed by atoms with E-state index in [0.717, 1.165) is 35.7 Å². The second-order valence-electron chi connectivity index (χ2n) is 4.41. The molecule has 0 spiro atoms. The Morgan fingerprint density at radius 1 is 1.25 bits per heavy atom. The van der Waals surface area contributed by atoms with Gasteiger partial charge in [0.1, 0.15) is 0 Å². The lowest BCUT2D eigenvalue weighted by Gasteiger charge is -2.37. The molecular formula is C13H12ClNO. The fourth-order valence-corrected chi connectivity index (χ4v) is 2.41. The van der Waals surface area contributed by atoms with Crippen LogP contribution in [0.2, 0.25) is 5.02 Å². The Balaban J connectivity index is 2.18. The molecule has 0 unspecified atom stereocenters. The summed E-state index contributed by atoms with van der Waals surface area (Å²) in [5.41, 5.74) is 1.20. The molecule has 1 N–H and O–H groups in total. The van der Waals surface area contributed by atoms with Crippen LogP contribution in [-0.4, -0.2) is 10.1 Å². The number of aliphatic hydroxyl groups is 1. The molecule has 2 aromatic rings. The Labute approximate surface area is 98.9 Å². The maximum atomic E-state index is 10.3. The number of nitrogens with zero attached hydrogens (tertiary/aromatic N) is 1. The summed E-state index contributed by atoms with van der Waals surface area (Å²) in [7, 11) is 0. The highest BCUT2D eigenvalue weighted by molar-refractivity contribution is 6.35. The van der Waals surface area contributed by atoms with Gasteiger partial charge in [0.25, 0.3) is 0 Å². The number of hydrogen-bond acceptors (Lipinski definition) is 2. The quantitative estimate of drug-likeness (QED) is 0.820. The van der Waals surface area contributed by atoms with E-state index in [1.807, 2.05) is 18.2 Å². The molecule has 1 aliphatic carbocycles. The van der Waals surface area contributed by atoms with Gasteiger partial charge in [-0.05, 0) is 43.0 Å². The standard InChI is InChI=1S/C13H12ClNO/c14-11-4-7-15-12-3-2-9(8-10(11)12)13(16)5-1-6-13/h2-4,7-8,16H,1,5-6H2. The highest BCUT2D eigenvalue weighted by Crippen LogP contribution is 2.42. The van der Waals surface area contributed by atoms with E-state index in [1.165, 1.54) is 0 Å². The van der Waals surface area contributed by atoms with Crippen molar-refractivity contribution in [2.75, 3.05) is 0 Å². The van der Waals surface area contributed by atoms with Gasteiger partial charge in [-0.3, -0.25) is 4.98 Å². The molecule has 0 saturated heterocycles. The number of halogens is 1. The van der Waals surface area contributed by atoms with Gasteiger partial charge in [-0.15, -0.1) is 0 Å². The van der Waals surface area contributed by atoms with Crippen molar-refractivity contribution in [2.45, 2.75) is 24.9 Å². The first-order chi connectivity index (χ1) is 7.69. The molecule has 1 saturated carbocycles. The van der Waals surface area contributed by atoms with E-state index < -0.39 is 5.60 Å². The number of pyridine rings is 1. The lowest BCUT2D eigenvalue weighted by atomic mass is 9.75. The minimum Gasteiger partial charge on any atom is -0.385 e. The lowest BCUT2D eigenvalue weighted by Crippen LogP contribution is -2.33. The third-order valence-electron chi connectivity index (χ3n) is 3.41. The predicted octanol–water partition coefficient (Wildman–Crippen LogP) is 3.26. The van der Waals surface area contributed by atoms with Gasteiger partial charge < -0.3 is 5.11 Å². The van der Waals surface area contributed by atoms with Gasteiger partial charge in [0.05, 0.1) is 16.1 Å². The monoisotopic (exact) mass is 233 g/mol. The van der Waals surface area contributed by atoms with Crippen molar-refractivity contribution in [1.29, 1.82) is 0 Å². The van der Waals surface area contributed by atoms with Crippen LogP contribution in [0.15, 0.2) is 30.5 Å². The van der Waals surface area contributed by atoms with Crippen molar-refractivity contribution in [1.82, 2.24) is 4.98 Å². The molecular weight excluding hydrogens is 222 g/mol. The number of fused-ring (bicyclic) bond motifs is 1. The van der Waals surface area contributed by atoms with E-state index in [0.29, 0.717) is 5.02 Å². The summed E-state index contributed by atoms with van der Waals surface area (Å²) in [6, 6.07) is 7.61. The SMILES string of the molecule is OC1(c2ccc3nccc(Cl)c3c2)CCC1. The van der Waals surface area contributed by atoms with E-state index in [9.17, 15) is 5.11 Å². The zero-order chi connectivity index (χ0) is 11.2. The lowest BCUT2D eigenvalue weighted by molar-refractivity contribution is -0.0386. The Kier molecular flexibility index (Phi) is 2.16. The van der Waals surface area contributed by atoms with Crippen LogP contribution >= 0.6 is 11.6 Å². The van der Waals surface area contributed by atoms with Gasteiger partial charge in [0.15, 0.2) is 0 Å². The number of benzene rings is 1. The van der Waals surface area contributed by atoms with E-state index in [1.54, 1.807) is 12.3 Å². The van der Waals surface area contributed by atoms with E-state index in [-0.39, 0.29) is 0 Å². The maximum Gasteiger partial charge on any atom is 0.0896 e. The highest BCUT2D eigenvalue weighted by Gasteiger charge is 2.36. The first-order valence-corrected chi connectivity index (χ1v) is 5.84. The second kappa shape index (κ2) is 3.44. The minimum absolute atomic E-state index is 0.632. The zero-order valence-corrected chi connectivity index (χ0v) is 9.54. The number of rotatable bonds is 1. The molecule has 0 amide bonds. The molecule has 0 atom stereocenters. The van der Waals surface area contributed by atoms with Crippen LogP contribution < -0.4 is 0 Å². The smallest absolute Gasteiger partial charge is 0.0896 e. The normalized spacial score (nSPS) is 18.4. The molecule has 1 aliphatic rings. The topological polar surface area (TPSA) is 33.1 Å². The van der Waals surface area contributed by atoms with Gasteiger partial charge in [-0.2, -0.15) is 0 Å². The number of aromatic nitrogens is 1. The third-order valence-corrected chi connectivity index (χ3v) is 3.74. The first-order valence-electron chi connectivity index (χ1n) is 5.46. The van der Waals surface area contributed by atoms with E-state index in [4.69, 9.17) is 11.6 Å². The van der Waals surface area contributed by atoms with Crippen molar-refractivity contribution in [3.05, 3.63) is 41.0 Å². The van der Waals surface area contributed by atoms with Crippen LogP contribution in [0.25, 0.3) is 10.9 Å². The zero-order valence-electron chi connectivity index (χ0n) is 8.78. The third kappa shape index (κ3) is 1.41. The molecule has 3 heteroatoms. The molecule has 3 rings (SSSR count). The van der Waals surface area contributed by atoms with Gasteiger partial charge in [-0.25, -0.2) is 0 Å². The Hall–Kier alpha value is -1.12. The second-order valence-corrected chi connectivity index (χ2v) is 4.82. The average molecular weight is 234 g/mol.